The van der Waals surface area contributed by atoms with Crippen molar-refractivity contribution in [2.45, 2.75) is 31.2 Å². The van der Waals surface area contributed by atoms with E-state index >= 15 is 0 Å². The van der Waals surface area contributed by atoms with Crippen LogP contribution in [0.5, 0.6) is 0 Å². The summed E-state index contributed by atoms with van der Waals surface area (Å²) in [4.78, 5) is 1.29. The van der Waals surface area contributed by atoms with Gasteiger partial charge in [0.05, 0.1) is 4.90 Å². The van der Waals surface area contributed by atoms with Gasteiger partial charge in [0.15, 0.2) is 0 Å². The molecule has 0 aliphatic rings. The SMILES string of the molecule is Cc1ccsc1CNS(=O)(=O)c1ccc(CCCO)cc1. The standard InChI is InChI=1S/C15H19NO3S2/c1-12-8-10-20-15(12)11-16-21(18,19)14-6-4-13(5-7-14)3-2-9-17/h4-8,10,16-17H,2-3,9,11H2,1H3. The minimum atomic E-state index is -3.48. The van der Waals surface area contributed by atoms with Gasteiger partial charge in [0.1, 0.15) is 0 Å². The summed E-state index contributed by atoms with van der Waals surface area (Å²) >= 11 is 1.55. The molecule has 0 fully saturated rings. The van der Waals surface area contributed by atoms with E-state index in [1.54, 1.807) is 35.6 Å². The van der Waals surface area contributed by atoms with Crippen LogP contribution in [0.1, 0.15) is 22.4 Å². The molecule has 1 aromatic heterocycles. The fraction of sp³-hybridized carbons (Fsp3) is 0.333. The van der Waals surface area contributed by atoms with Crippen LogP contribution in [0.15, 0.2) is 40.6 Å². The number of nitrogens with one attached hydrogen (secondary N) is 1. The van der Waals surface area contributed by atoms with Crippen LogP contribution in [0.3, 0.4) is 0 Å². The third kappa shape index (κ3) is 4.38. The molecule has 4 nitrogen and oxygen atoms in total. The van der Waals surface area contributed by atoms with Crippen molar-refractivity contribution < 1.29 is 13.5 Å². The Balaban J connectivity index is 2.03. The molecular formula is C15H19NO3S2. The van der Waals surface area contributed by atoms with Crippen LogP contribution in [0, 0.1) is 6.92 Å². The van der Waals surface area contributed by atoms with Gasteiger partial charge in [-0.25, -0.2) is 13.1 Å². The molecule has 1 heterocycles. The number of thiophene rings is 1. The summed E-state index contributed by atoms with van der Waals surface area (Å²) in [6.07, 6.45) is 1.43. The van der Waals surface area contributed by atoms with Crippen LogP contribution in [-0.4, -0.2) is 20.1 Å². The summed E-state index contributed by atoms with van der Waals surface area (Å²) in [6.45, 7) is 2.43. The smallest absolute Gasteiger partial charge is 0.240 e. The summed E-state index contributed by atoms with van der Waals surface area (Å²) in [5.41, 5.74) is 2.12. The normalized spacial score (nSPS) is 11.7. The highest BCUT2D eigenvalue weighted by Gasteiger charge is 2.14. The molecule has 0 unspecified atom stereocenters. The van der Waals surface area contributed by atoms with Crippen LogP contribution in [0.2, 0.25) is 0 Å². The maximum Gasteiger partial charge on any atom is 0.240 e. The summed E-state index contributed by atoms with van der Waals surface area (Å²) in [7, 11) is -3.48. The van der Waals surface area contributed by atoms with Gasteiger partial charge in [-0.05, 0) is 54.5 Å². The van der Waals surface area contributed by atoms with E-state index in [4.69, 9.17) is 5.11 Å². The Kier molecular flexibility index (Phi) is 5.52. The van der Waals surface area contributed by atoms with Gasteiger partial charge >= 0.3 is 0 Å². The Labute approximate surface area is 129 Å². The van der Waals surface area contributed by atoms with E-state index in [9.17, 15) is 8.42 Å². The predicted molar refractivity (Wildman–Crippen MR) is 84.9 cm³/mol. The van der Waals surface area contributed by atoms with Crippen molar-refractivity contribution in [1.82, 2.24) is 4.72 Å². The van der Waals surface area contributed by atoms with Gasteiger partial charge in [0, 0.05) is 18.0 Å². The van der Waals surface area contributed by atoms with Gasteiger partial charge in [-0.1, -0.05) is 12.1 Å². The first-order chi connectivity index (χ1) is 10.0. The van der Waals surface area contributed by atoms with Gasteiger partial charge in [-0.2, -0.15) is 0 Å². The Morgan fingerprint density at radius 1 is 1.19 bits per heavy atom. The maximum atomic E-state index is 12.2. The molecule has 2 rings (SSSR count). The molecule has 0 saturated carbocycles. The molecule has 2 aromatic rings. The van der Waals surface area contributed by atoms with Crippen LogP contribution < -0.4 is 4.72 Å². The molecule has 0 amide bonds. The van der Waals surface area contributed by atoms with Crippen molar-refractivity contribution in [3.05, 3.63) is 51.7 Å². The number of aliphatic hydroxyl groups is 1. The first kappa shape index (κ1) is 16.2. The molecule has 1 aromatic carbocycles. The number of sulfonamides is 1. The second kappa shape index (κ2) is 7.17. The molecule has 114 valence electrons. The zero-order chi connectivity index (χ0) is 15.3. The maximum absolute atomic E-state index is 12.2. The molecule has 0 atom stereocenters. The van der Waals surface area contributed by atoms with Crippen molar-refractivity contribution in [3.8, 4) is 0 Å². The molecule has 0 spiro atoms. The molecule has 0 radical (unpaired) electrons. The van der Waals surface area contributed by atoms with Gasteiger partial charge in [-0.15, -0.1) is 11.3 Å². The number of hydrogen-bond donors (Lipinski definition) is 2. The lowest BCUT2D eigenvalue weighted by Crippen LogP contribution is -2.23. The second-order valence-corrected chi connectivity index (χ2v) is 7.59. The van der Waals surface area contributed by atoms with Crippen LogP contribution in [0.4, 0.5) is 0 Å². The lowest BCUT2D eigenvalue weighted by Gasteiger charge is -2.07. The fourth-order valence-corrected chi connectivity index (χ4v) is 3.88. The van der Waals surface area contributed by atoms with Gasteiger partial charge in [0.2, 0.25) is 10.0 Å². The van der Waals surface area contributed by atoms with E-state index in [1.165, 1.54) is 0 Å². The Bertz CT molecular complexity index is 675. The zero-order valence-corrected chi connectivity index (χ0v) is 13.5. The molecule has 0 bridgehead atoms. The summed E-state index contributed by atoms with van der Waals surface area (Å²) < 4.78 is 27.1. The summed E-state index contributed by atoms with van der Waals surface area (Å²) in [5.74, 6) is 0. The summed E-state index contributed by atoms with van der Waals surface area (Å²) in [5, 5.41) is 10.7. The highest BCUT2D eigenvalue weighted by molar-refractivity contribution is 7.89. The topological polar surface area (TPSA) is 66.4 Å². The van der Waals surface area contributed by atoms with E-state index in [0.717, 1.165) is 22.4 Å². The molecule has 6 heteroatoms. The fourth-order valence-electron chi connectivity index (χ4n) is 1.95. The largest absolute Gasteiger partial charge is 0.396 e. The van der Waals surface area contributed by atoms with E-state index < -0.39 is 10.0 Å². The number of aliphatic hydroxyl groups excluding tert-OH is 1. The first-order valence-electron chi connectivity index (χ1n) is 6.75. The highest BCUT2D eigenvalue weighted by atomic mass is 32.2. The van der Waals surface area contributed by atoms with Crippen molar-refractivity contribution >= 4 is 21.4 Å². The third-order valence-electron chi connectivity index (χ3n) is 3.25. The van der Waals surface area contributed by atoms with Gasteiger partial charge in [0.25, 0.3) is 0 Å². The van der Waals surface area contributed by atoms with Crippen LogP contribution in [-0.2, 0) is 23.0 Å². The van der Waals surface area contributed by atoms with E-state index in [-0.39, 0.29) is 11.5 Å². The molecule has 0 saturated heterocycles. The molecular weight excluding hydrogens is 306 g/mol. The molecule has 0 aliphatic heterocycles. The van der Waals surface area contributed by atoms with E-state index in [2.05, 4.69) is 4.72 Å². The van der Waals surface area contributed by atoms with Gasteiger partial charge in [-0.3, -0.25) is 0 Å². The number of aryl methyl sites for hydroxylation is 2. The minimum Gasteiger partial charge on any atom is -0.396 e. The number of hydrogen-bond acceptors (Lipinski definition) is 4. The molecule has 2 N–H and O–H groups in total. The Hall–Kier alpha value is -1.21. The highest BCUT2D eigenvalue weighted by Crippen LogP contribution is 2.17. The average molecular weight is 325 g/mol. The summed E-state index contributed by atoms with van der Waals surface area (Å²) in [6, 6.07) is 8.78. The van der Waals surface area contributed by atoms with Crippen molar-refractivity contribution in [3.63, 3.8) is 0 Å². The zero-order valence-electron chi connectivity index (χ0n) is 11.9. The Morgan fingerprint density at radius 2 is 1.90 bits per heavy atom. The molecule has 0 aliphatic carbocycles. The first-order valence-corrected chi connectivity index (χ1v) is 9.11. The second-order valence-electron chi connectivity index (χ2n) is 4.82. The van der Waals surface area contributed by atoms with Crippen LogP contribution in [0.25, 0.3) is 0 Å². The Morgan fingerprint density at radius 3 is 2.48 bits per heavy atom. The van der Waals surface area contributed by atoms with E-state index in [0.29, 0.717) is 13.0 Å². The quantitative estimate of drug-likeness (QED) is 0.822. The van der Waals surface area contributed by atoms with Crippen LogP contribution >= 0.6 is 11.3 Å². The van der Waals surface area contributed by atoms with Gasteiger partial charge < -0.3 is 5.11 Å². The number of benzene rings is 1. The lowest BCUT2D eigenvalue weighted by atomic mass is 10.1. The average Bonchev–Trinajstić information content (AvgIpc) is 2.89. The van der Waals surface area contributed by atoms with Crippen molar-refractivity contribution in [1.29, 1.82) is 0 Å². The third-order valence-corrected chi connectivity index (χ3v) is 5.69. The minimum absolute atomic E-state index is 0.141. The predicted octanol–water partition coefficient (Wildman–Crippen LogP) is 2.46. The number of rotatable bonds is 7. The lowest BCUT2D eigenvalue weighted by molar-refractivity contribution is 0.288. The van der Waals surface area contributed by atoms with E-state index in [1.807, 2.05) is 18.4 Å². The monoisotopic (exact) mass is 325 g/mol. The van der Waals surface area contributed by atoms with Crippen molar-refractivity contribution in [2.75, 3.05) is 6.61 Å². The molecule has 21 heavy (non-hydrogen) atoms. The van der Waals surface area contributed by atoms with Crippen molar-refractivity contribution in [2.24, 2.45) is 0 Å².